The van der Waals surface area contributed by atoms with Crippen LogP contribution in [-0.4, -0.2) is 0 Å². The molecule has 0 amide bonds. The van der Waals surface area contributed by atoms with Crippen molar-refractivity contribution in [2.75, 3.05) is 0 Å². The van der Waals surface area contributed by atoms with Crippen LogP contribution in [-0.2, 0) is 0 Å². The molecule has 0 saturated heterocycles. The summed E-state index contributed by atoms with van der Waals surface area (Å²) in [4.78, 5) is 0. The number of nitrogens with zero attached hydrogens (tertiary/aromatic N) is 3. The van der Waals surface area contributed by atoms with Gasteiger partial charge in [-0.1, -0.05) is 0 Å². The Balaban J connectivity index is 3.27. The summed E-state index contributed by atoms with van der Waals surface area (Å²) in [5.74, 6) is 0. The predicted molar refractivity (Wildman–Crippen MR) is 43.5 cm³/mol. The third-order valence-corrected chi connectivity index (χ3v) is 1.80. The molecule has 0 spiro atoms. The zero-order valence-electron chi connectivity index (χ0n) is 3.11. The quantitative estimate of drug-likeness (QED) is 0.537. The molecular formula is HIN3P3. The summed E-state index contributed by atoms with van der Waals surface area (Å²) in [6, 6.07) is 0. The SMILES string of the molecule is P=N/P=N\P=N/I. The summed E-state index contributed by atoms with van der Waals surface area (Å²) < 4.78 is 10.9. The molecule has 7 heavy (non-hydrogen) atoms. The first-order valence-corrected chi connectivity index (χ1v) is 4.20. The summed E-state index contributed by atoms with van der Waals surface area (Å²) in [6.07, 6.45) is 0. The maximum atomic E-state index is 3.76. The number of hydrogen-bond acceptors (Lipinski definition) is 1. The van der Waals surface area contributed by atoms with E-state index in [4.69, 9.17) is 0 Å². The van der Waals surface area contributed by atoms with Crippen LogP contribution in [0.4, 0.5) is 0 Å². The van der Waals surface area contributed by atoms with Gasteiger partial charge < -0.3 is 0 Å². The molecule has 3 nitrogen and oxygen atoms in total. The smallest absolute Gasteiger partial charge is 0.166 e. The minimum Gasteiger partial charge on any atom is -0.195 e. The van der Waals surface area contributed by atoms with Crippen molar-refractivity contribution in [3.8, 4) is 0 Å². The lowest BCUT2D eigenvalue weighted by Crippen LogP contribution is -1.09. The summed E-state index contributed by atoms with van der Waals surface area (Å²) in [6.45, 7) is 0. The predicted octanol–water partition coefficient (Wildman–Crippen LogP) is 3.75. The Morgan fingerprint density at radius 1 is 1.43 bits per heavy atom. The Kier molecular flexibility index (Phi) is 8.06. The second-order valence-corrected chi connectivity index (χ2v) is 3.76. The molecule has 38 valence electrons. The van der Waals surface area contributed by atoms with Crippen LogP contribution in [0.15, 0.2) is 12.0 Å². The van der Waals surface area contributed by atoms with Gasteiger partial charge in [0.25, 0.3) is 0 Å². The average Bonchev–Trinajstić information content (AvgIpc) is 1.69. The van der Waals surface area contributed by atoms with Gasteiger partial charge in [-0.3, -0.25) is 0 Å². The van der Waals surface area contributed by atoms with E-state index in [1.54, 1.807) is 0 Å². The second-order valence-electron chi connectivity index (χ2n) is 0.444. The Labute approximate surface area is 61.0 Å². The molecule has 7 heteroatoms. The van der Waals surface area contributed by atoms with Gasteiger partial charge in [0.05, 0.1) is 22.9 Å². The molecule has 0 aromatic carbocycles. The molecular weight excluding hydrogens is 262 g/mol. The Hall–Kier alpha value is 1.03. The van der Waals surface area contributed by atoms with Crippen LogP contribution in [0.2, 0.25) is 0 Å². The molecule has 0 fully saturated rings. The van der Waals surface area contributed by atoms with Crippen molar-refractivity contribution in [2.24, 2.45) is 12.0 Å². The molecule has 0 aliphatic carbocycles. The largest absolute Gasteiger partial charge is 0.195 e. The van der Waals surface area contributed by atoms with Crippen molar-refractivity contribution in [1.82, 2.24) is 0 Å². The number of rotatable bonds is 2. The monoisotopic (exact) mass is 263 g/mol. The minimum absolute atomic E-state index is 0.680. The van der Waals surface area contributed by atoms with Gasteiger partial charge in [-0.2, -0.15) is 12.0 Å². The fourth-order valence-corrected chi connectivity index (χ4v) is 1.61. The molecule has 0 aromatic heterocycles. The van der Waals surface area contributed by atoms with Gasteiger partial charge in [0.1, 0.15) is 0 Å². The molecule has 0 saturated carbocycles. The number of hydrogen-bond donors (Lipinski definition) is 0. The Morgan fingerprint density at radius 2 is 2.14 bits per heavy atom. The van der Waals surface area contributed by atoms with Crippen LogP contribution in [0.3, 0.4) is 0 Å². The highest BCUT2D eigenvalue weighted by atomic mass is 127. The van der Waals surface area contributed by atoms with Crippen LogP contribution in [0.25, 0.3) is 0 Å². The van der Waals surface area contributed by atoms with Crippen molar-refractivity contribution in [3.05, 3.63) is 0 Å². The van der Waals surface area contributed by atoms with Gasteiger partial charge in [0.15, 0.2) is 17.0 Å². The van der Waals surface area contributed by atoms with E-state index in [0.717, 1.165) is 8.52 Å². The van der Waals surface area contributed by atoms with Gasteiger partial charge in [0, 0.05) is 0 Å². The van der Waals surface area contributed by atoms with E-state index in [1.165, 1.54) is 0 Å². The van der Waals surface area contributed by atoms with E-state index < -0.39 is 0 Å². The number of halogens is 1. The summed E-state index contributed by atoms with van der Waals surface area (Å²) in [5.41, 5.74) is 0. The van der Waals surface area contributed by atoms with Gasteiger partial charge >= 0.3 is 0 Å². The van der Waals surface area contributed by atoms with Gasteiger partial charge in [-0.05, 0) is 9.03 Å². The first kappa shape index (κ1) is 8.03. The molecule has 0 radical (unpaired) electrons. The average molecular weight is 263 g/mol. The molecule has 0 rings (SSSR count). The van der Waals surface area contributed by atoms with E-state index in [2.05, 4.69) is 21.0 Å². The zero-order valence-corrected chi connectivity index (χ0v) is 8.06. The third-order valence-electron chi connectivity index (χ3n) is 0.159. The molecule has 0 atom stereocenters. The third kappa shape index (κ3) is 7.03. The van der Waals surface area contributed by atoms with Crippen molar-refractivity contribution >= 4 is 48.9 Å². The van der Waals surface area contributed by atoms with Crippen molar-refractivity contribution in [1.29, 1.82) is 0 Å². The summed E-state index contributed by atoms with van der Waals surface area (Å²) in [5, 5.41) is 0. The zero-order chi connectivity index (χ0) is 5.54. The van der Waals surface area contributed by atoms with Crippen molar-refractivity contribution < 1.29 is 0 Å². The van der Waals surface area contributed by atoms with Crippen LogP contribution < -0.4 is 0 Å². The molecule has 0 bridgehead atoms. The summed E-state index contributed by atoms with van der Waals surface area (Å²) >= 11 is 1.88. The summed E-state index contributed by atoms with van der Waals surface area (Å²) in [7, 11) is 4.30. The molecule has 0 N–H and O–H groups in total. The van der Waals surface area contributed by atoms with E-state index in [0.29, 0.717) is 8.52 Å². The van der Waals surface area contributed by atoms with E-state index in [1.807, 2.05) is 22.9 Å². The highest BCUT2D eigenvalue weighted by Crippen LogP contribution is 2.14. The highest BCUT2D eigenvalue weighted by molar-refractivity contribution is 14.1. The second kappa shape index (κ2) is 7.03. The molecule has 0 heterocycles. The first-order valence-electron chi connectivity index (χ1n) is 1.19. The van der Waals surface area contributed by atoms with Crippen LogP contribution >= 0.6 is 48.9 Å². The fraction of sp³-hybridized carbons (Fsp3) is 0. The lowest BCUT2D eigenvalue weighted by Gasteiger charge is -1.60. The van der Waals surface area contributed by atoms with Crippen LogP contribution in [0, 0.1) is 0 Å². The van der Waals surface area contributed by atoms with Gasteiger partial charge in [-0.15, -0.1) is 0 Å². The van der Waals surface area contributed by atoms with Crippen molar-refractivity contribution in [3.63, 3.8) is 0 Å². The molecule has 0 unspecified atom stereocenters. The van der Waals surface area contributed by atoms with Gasteiger partial charge in [-0.25, -0.2) is 0 Å². The standard InChI is InChI=1S/HIN3P3/c1-2-6-4-7-3-5/h5H. The lowest BCUT2D eigenvalue weighted by atomic mass is 13.9. The first-order chi connectivity index (χ1) is 3.41. The topological polar surface area (TPSA) is 37.1 Å². The maximum absolute atomic E-state index is 3.76. The van der Waals surface area contributed by atoms with Gasteiger partial charge in [0.2, 0.25) is 0 Å². The Bertz CT molecular complexity index is 96.4. The van der Waals surface area contributed by atoms with Crippen LogP contribution in [0.5, 0.6) is 0 Å². The molecule has 0 aliphatic heterocycles. The highest BCUT2D eigenvalue weighted by Gasteiger charge is 1.58. The molecule has 0 aliphatic rings. The molecule has 0 aromatic rings. The Morgan fingerprint density at radius 3 is 2.57 bits per heavy atom. The van der Waals surface area contributed by atoms with Crippen LogP contribution in [0.1, 0.15) is 0 Å². The fourth-order valence-electron chi connectivity index (χ4n) is 0.0530. The lowest BCUT2D eigenvalue weighted by molar-refractivity contribution is 1.95. The minimum atomic E-state index is 0.680. The van der Waals surface area contributed by atoms with Crippen molar-refractivity contribution in [2.45, 2.75) is 0 Å². The normalized spacial score (nSPS) is 11.0. The van der Waals surface area contributed by atoms with E-state index in [9.17, 15) is 0 Å². The van der Waals surface area contributed by atoms with E-state index >= 15 is 0 Å². The maximum Gasteiger partial charge on any atom is 0.166 e. The van der Waals surface area contributed by atoms with E-state index in [-0.39, 0.29) is 0 Å².